The van der Waals surface area contributed by atoms with Crippen LogP contribution in [0.2, 0.25) is 0 Å². The van der Waals surface area contributed by atoms with Crippen LogP contribution >= 0.6 is 0 Å². The van der Waals surface area contributed by atoms with Crippen LogP contribution in [0, 0.1) is 10.1 Å². The van der Waals surface area contributed by atoms with Gasteiger partial charge in [0.25, 0.3) is 6.08 Å². The van der Waals surface area contributed by atoms with Gasteiger partial charge in [-0.3, -0.25) is 10.1 Å². The lowest BCUT2D eigenvalue weighted by Gasteiger charge is -2.11. The Kier molecular flexibility index (Phi) is 4.99. The summed E-state index contributed by atoms with van der Waals surface area (Å²) in [5.41, 5.74) is 0.477. The second-order valence-electron chi connectivity index (χ2n) is 3.37. The maximum Gasteiger partial charge on any atom is 0.271 e. The average Bonchev–Trinajstić information content (AvgIpc) is 2.36. The van der Waals surface area contributed by atoms with Gasteiger partial charge >= 0.3 is 0 Å². The molecule has 0 unspecified atom stereocenters. The number of nitro groups is 1. The molecular formula is C12H11F2NO4. The molecule has 0 amide bonds. The van der Waals surface area contributed by atoms with E-state index in [1.165, 1.54) is 32.4 Å². The Hall–Kier alpha value is -2.44. The molecule has 1 rings (SSSR count). The molecule has 1 aromatic rings. The lowest BCUT2D eigenvalue weighted by Crippen LogP contribution is -1.94. The van der Waals surface area contributed by atoms with Crippen molar-refractivity contribution < 1.29 is 23.2 Å². The molecule has 0 aromatic heterocycles. The van der Waals surface area contributed by atoms with Gasteiger partial charge in [0.1, 0.15) is 11.5 Å². The highest BCUT2D eigenvalue weighted by Crippen LogP contribution is 2.33. The Labute approximate surface area is 107 Å². The molecule has 0 heterocycles. The summed E-state index contributed by atoms with van der Waals surface area (Å²) in [5.74, 6) is 0.269. The minimum absolute atomic E-state index is 0.0725. The number of rotatable bonds is 5. The van der Waals surface area contributed by atoms with E-state index in [9.17, 15) is 18.9 Å². The summed E-state index contributed by atoms with van der Waals surface area (Å²) in [6.45, 7) is 0. The van der Waals surface area contributed by atoms with E-state index < -0.39 is 11.0 Å². The van der Waals surface area contributed by atoms with Crippen LogP contribution in [0.1, 0.15) is 11.1 Å². The Morgan fingerprint density at radius 2 is 1.79 bits per heavy atom. The number of methoxy groups -OCH3 is 2. The highest BCUT2D eigenvalue weighted by molar-refractivity contribution is 5.69. The van der Waals surface area contributed by atoms with Gasteiger partial charge in [0.05, 0.1) is 24.7 Å². The van der Waals surface area contributed by atoms with E-state index in [-0.39, 0.29) is 17.1 Å². The van der Waals surface area contributed by atoms with Crippen molar-refractivity contribution in [3.63, 3.8) is 0 Å². The summed E-state index contributed by atoms with van der Waals surface area (Å²) in [7, 11) is 2.62. The fraction of sp³-hybridized carbons (Fsp3) is 0.167. The maximum absolute atomic E-state index is 12.4. The van der Waals surface area contributed by atoms with Gasteiger partial charge in [-0.2, -0.15) is 8.78 Å². The highest BCUT2D eigenvalue weighted by atomic mass is 19.3. The first-order valence-electron chi connectivity index (χ1n) is 5.08. The van der Waals surface area contributed by atoms with Crippen LogP contribution in [0.3, 0.4) is 0 Å². The first kappa shape index (κ1) is 14.6. The summed E-state index contributed by atoms with van der Waals surface area (Å²) in [5, 5.41) is 10.2. The zero-order chi connectivity index (χ0) is 14.4. The smallest absolute Gasteiger partial charge is 0.271 e. The third-order valence-corrected chi connectivity index (χ3v) is 2.21. The first-order valence-corrected chi connectivity index (χ1v) is 5.08. The topological polar surface area (TPSA) is 61.6 Å². The lowest BCUT2D eigenvalue weighted by atomic mass is 10.1. The fourth-order valence-electron chi connectivity index (χ4n) is 1.45. The zero-order valence-corrected chi connectivity index (χ0v) is 10.2. The fourth-order valence-corrected chi connectivity index (χ4v) is 1.45. The van der Waals surface area contributed by atoms with Gasteiger partial charge in [-0.05, 0) is 17.7 Å². The molecule has 0 aliphatic rings. The molecule has 5 nitrogen and oxygen atoms in total. The molecule has 0 bridgehead atoms. The molecule has 0 aliphatic heterocycles. The van der Waals surface area contributed by atoms with Crippen molar-refractivity contribution >= 4 is 12.2 Å². The summed E-state index contributed by atoms with van der Waals surface area (Å²) >= 11 is 0. The average molecular weight is 271 g/mol. The van der Waals surface area contributed by atoms with Crippen LogP contribution in [0.25, 0.3) is 12.2 Å². The van der Waals surface area contributed by atoms with Crippen LogP contribution in [0.4, 0.5) is 8.78 Å². The lowest BCUT2D eigenvalue weighted by molar-refractivity contribution is -0.400. The van der Waals surface area contributed by atoms with Crippen molar-refractivity contribution in [2.24, 2.45) is 0 Å². The van der Waals surface area contributed by atoms with Crippen molar-refractivity contribution in [1.29, 1.82) is 0 Å². The first-order chi connectivity index (χ1) is 8.97. The summed E-state index contributed by atoms with van der Waals surface area (Å²) in [6.07, 6.45) is 0.660. The Morgan fingerprint density at radius 1 is 1.26 bits per heavy atom. The van der Waals surface area contributed by atoms with Crippen LogP contribution in [-0.2, 0) is 0 Å². The molecule has 0 atom stereocenters. The molecule has 0 spiro atoms. The van der Waals surface area contributed by atoms with Crippen LogP contribution in [0.5, 0.6) is 11.5 Å². The minimum atomic E-state index is -1.90. The molecule has 0 N–H and O–H groups in total. The van der Waals surface area contributed by atoms with Gasteiger partial charge < -0.3 is 9.47 Å². The molecule has 0 saturated carbocycles. The van der Waals surface area contributed by atoms with Gasteiger partial charge in [0.2, 0.25) is 6.20 Å². The number of ether oxygens (including phenoxy) is 2. The molecule has 0 fully saturated rings. The molecule has 0 radical (unpaired) electrons. The van der Waals surface area contributed by atoms with E-state index in [1.54, 1.807) is 0 Å². The molecular weight excluding hydrogens is 260 g/mol. The predicted octanol–water partition coefficient (Wildman–Crippen LogP) is 3.19. The van der Waals surface area contributed by atoms with Gasteiger partial charge in [-0.25, -0.2) is 0 Å². The second-order valence-corrected chi connectivity index (χ2v) is 3.37. The zero-order valence-electron chi connectivity index (χ0n) is 10.2. The summed E-state index contributed by atoms with van der Waals surface area (Å²) in [4.78, 5) is 9.61. The third kappa shape index (κ3) is 4.06. The van der Waals surface area contributed by atoms with E-state index in [0.717, 1.165) is 6.20 Å². The van der Waals surface area contributed by atoms with Crippen LogP contribution in [0.15, 0.2) is 24.4 Å². The minimum Gasteiger partial charge on any atom is -0.496 e. The number of hydrogen-bond donors (Lipinski definition) is 0. The van der Waals surface area contributed by atoms with Crippen molar-refractivity contribution in [1.82, 2.24) is 0 Å². The molecule has 0 aliphatic carbocycles. The largest absolute Gasteiger partial charge is 0.496 e. The Morgan fingerprint density at radius 3 is 2.16 bits per heavy atom. The van der Waals surface area contributed by atoms with Gasteiger partial charge in [0.15, 0.2) is 0 Å². The van der Waals surface area contributed by atoms with E-state index in [1.807, 2.05) is 0 Å². The molecule has 7 heteroatoms. The van der Waals surface area contributed by atoms with Crippen molar-refractivity contribution in [2.75, 3.05) is 14.2 Å². The van der Waals surface area contributed by atoms with Crippen molar-refractivity contribution in [3.05, 3.63) is 45.7 Å². The number of hydrogen-bond acceptors (Lipinski definition) is 4. The highest BCUT2D eigenvalue weighted by Gasteiger charge is 2.11. The third-order valence-electron chi connectivity index (χ3n) is 2.21. The van der Waals surface area contributed by atoms with Gasteiger partial charge in [-0.15, -0.1) is 0 Å². The number of benzene rings is 1. The maximum atomic E-state index is 12.4. The normalized spacial score (nSPS) is 10.3. The SMILES string of the molecule is COc1cc(C=C[N+](=O)[O-])cc(OC)c1C=C(F)F. The standard InChI is InChI=1S/C12H11F2NO4/c1-18-10-5-8(3-4-15(16)17)6-11(19-2)9(10)7-12(13)14/h3-7H,1-2H3. The summed E-state index contributed by atoms with van der Waals surface area (Å²) in [6, 6.07) is 2.80. The number of halogens is 2. The Balaban J connectivity index is 3.35. The second kappa shape index (κ2) is 6.48. The van der Waals surface area contributed by atoms with Crippen molar-refractivity contribution in [3.8, 4) is 11.5 Å². The molecule has 19 heavy (non-hydrogen) atoms. The number of nitrogens with zero attached hydrogens (tertiary/aromatic N) is 1. The van der Waals surface area contributed by atoms with E-state index in [2.05, 4.69) is 0 Å². The molecule has 1 aromatic carbocycles. The van der Waals surface area contributed by atoms with Crippen LogP contribution < -0.4 is 9.47 Å². The van der Waals surface area contributed by atoms with E-state index >= 15 is 0 Å². The summed E-state index contributed by atoms with van der Waals surface area (Å²) < 4.78 is 34.7. The molecule has 102 valence electrons. The van der Waals surface area contributed by atoms with Crippen molar-refractivity contribution in [2.45, 2.75) is 0 Å². The van der Waals surface area contributed by atoms with E-state index in [0.29, 0.717) is 11.6 Å². The van der Waals surface area contributed by atoms with Gasteiger partial charge in [-0.1, -0.05) is 0 Å². The van der Waals surface area contributed by atoms with Crippen LogP contribution in [-0.4, -0.2) is 19.1 Å². The van der Waals surface area contributed by atoms with E-state index in [4.69, 9.17) is 9.47 Å². The van der Waals surface area contributed by atoms with Gasteiger partial charge in [0, 0.05) is 12.2 Å². The Bertz CT molecular complexity index is 512. The quantitative estimate of drug-likeness (QED) is 0.609. The predicted molar refractivity (Wildman–Crippen MR) is 65.8 cm³/mol. The monoisotopic (exact) mass is 271 g/mol. The molecule has 0 saturated heterocycles.